The molecule has 8 N–H and O–H groups in total. The number of H-pyrrole nitrogens is 3. The summed E-state index contributed by atoms with van der Waals surface area (Å²) >= 11 is 7.12. The van der Waals surface area contributed by atoms with Crippen molar-refractivity contribution in [3.63, 3.8) is 0 Å². The van der Waals surface area contributed by atoms with Crippen molar-refractivity contribution in [2.75, 3.05) is 52.6 Å². The van der Waals surface area contributed by atoms with Gasteiger partial charge < -0.3 is 52.0 Å². The molecular formula is C89H88B2N18O20S5. The maximum Gasteiger partial charge on any atom is 0.313 e. The van der Waals surface area contributed by atoms with Crippen LogP contribution in [0.5, 0.6) is 0 Å². The van der Waals surface area contributed by atoms with Gasteiger partial charge in [-0.2, -0.15) is 24.2 Å². The summed E-state index contributed by atoms with van der Waals surface area (Å²) in [5, 5.41) is 17.7. The topological polar surface area (TPSA) is 506 Å². The van der Waals surface area contributed by atoms with E-state index >= 15 is 0 Å². The first-order valence-electron chi connectivity index (χ1n) is 39.8. The van der Waals surface area contributed by atoms with Crippen LogP contribution in [0, 0.1) is 6.92 Å². The molecule has 1 aliphatic rings. The highest BCUT2D eigenvalue weighted by molar-refractivity contribution is 7.23. The third-order valence-corrected chi connectivity index (χ3v) is 23.8. The predicted octanol–water partition coefficient (Wildman–Crippen LogP) is 12.4. The number of aromatic nitrogens is 12. The number of nitrogen functional groups attached to an aromatic ring is 1. The Bertz CT molecular complexity index is 7100. The second-order valence-corrected chi connectivity index (χ2v) is 32.5. The number of thiazole rings is 5. The van der Waals surface area contributed by atoms with Gasteiger partial charge in [-0.3, -0.25) is 78.5 Å². The van der Waals surface area contributed by atoms with Crippen molar-refractivity contribution in [2.24, 2.45) is 21.7 Å². The fourth-order valence-corrected chi connectivity index (χ4v) is 17.0. The lowest BCUT2D eigenvalue weighted by atomic mass is 9.81. The SMILES string of the molecule is C.CCO/C(C)=C1/C(=O)N(c2nc3ccccc3s2)N=C1CC(=O)OC.COC(=O)CC(=O)CC(=O)OC.COC(=O)Cc1[nH]n(-c2nc3ccccc3s2)c(=O)c1C(C)=NCc1ccco1.COC(=O)Cc1cc(=O)n(-c2nc3ccccc3s2)[nH]1.Cc1c2c(=O)n(-c3nc4ccccc4s3)[nH]c2cc(=O)n1Cc1ccco1.NCc1ccco1.NNc1nc2ccccc2s1.[B][B]. The zero-order valence-corrected chi connectivity index (χ0v) is 76.7. The van der Waals surface area contributed by atoms with E-state index < -0.39 is 35.6 Å². The van der Waals surface area contributed by atoms with Gasteiger partial charge in [-0.25, -0.2) is 30.8 Å². The Balaban J connectivity index is 0.000000167. The van der Waals surface area contributed by atoms with Gasteiger partial charge in [0.1, 0.15) is 41.5 Å². The van der Waals surface area contributed by atoms with Gasteiger partial charge in [0.05, 0.1) is 179 Å². The first-order valence-corrected chi connectivity index (χ1v) is 43.9. The number of anilines is 2. The number of allylic oxidation sites excluding steroid dienone is 1. The molecule has 18 rings (SSSR count). The Morgan fingerprint density at radius 3 is 1.40 bits per heavy atom. The lowest BCUT2D eigenvalue weighted by molar-refractivity contribution is -0.147. The number of Topliss-reactive ketones (excluding diaryl/α,β-unsaturated/α-hetero) is 1. The first-order chi connectivity index (χ1) is 64.3. The molecule has 4 radical (unpaired) electrons. The number of rotatable bonds is 23. The number of ether oxygens (including phenoxy) is 6. The van der Waals surface area contributed by atoms with Crippen molar-refractivity contribution in [3.8, 4) is 15.4 Å². The molecule has 17 aromatic rings. The van der Waals surface area contributed by atoms with E-state index in [0.29, 0.717) is 102 Å². The summed E-state index contributed by atoms with van der Waals surface area (Å²) in [7, 11) is 14.3. The van der Waals surface area contributed by atoms with E-state index in [1.165, 1.54) is 112 Å². The molecular weight excluding hydrogens is 1820 g/mol. The number of hydrogen-bond donors (Lipinski definition) is 6. The normalized spacial score (nSPS) is 11.7. The van der Waals surface area contributed by atoms with E-state index in [4.69, 9.17) is 39.0 Å². The number of methoxy groups -OCH3 is 5. The van der Waals surface area contributed by atoms with Gasteiger partial charge >= 0.3 is 29.8 Å². The number of esters is 5. The molecule has 12 aromatic heterocycles. The minimum Gasteiger partial charge on any atom is -0.498 e. The summed E-state index contributed by atoms with van der Waals surface area (Å²) < 4.78 is 54.1. The zero-order chi connectivity index (χ0) is 95.4. The molecule has 1 amide bonds. The highest BCUT2D eigenvalue weighted by Gasteiger charge is 2.37. The predicted molar refractivity (Wildman–Crippen MR) is 515 cm³/mol. The van der Waals surface area contributed by atoms with Crippen molar-refractivity contribution in [3.05, 3.63) is 281 Å². The highest BCUT2D eigenvalue weighted by Crippen LogP contribution is 2.35. The molecule has 134 heavy (non-hydrogen) atoms. The number of nitrogens with two attached hydrogens (primary N) is 2. The summed E-state index contributed by atoms with van der Waals surface area (Å²) in [5.41, 5.74) is 14.4. The Morgan fingerprint density at radius 2 is 0.948 bits per heavy atom. The van der Waals surface area contributed by atoms with Crippen LogP contribution in [-0.4, -0.2) is 169 Å². The second kappa shape index (κ2) is 48.7. The van der Waals surface area contributed by atoms with Crippen molar-refractivity contribution >= 4 is 197 Å². The Labute approximate surface area is 784 Å². The summed E-state index contributed by atoms with van der Waals surface area (Å²) in [6.45, 7) is 8.49. The maximum absolute atomic E-state index is 13.2. The van der Waals surface area contributed by atoms with Gasteiger partial charge in [0.2, 0.25) is 20.5 Å². The van der Waals surface area contributed by atoms with Gasteiger partial charge in [-0.15, -0.1) is 0 Å². The standard InChI is InChI=1S/C20H18N4O4S.C19H14N4O3S.C17H17N3O4S.C13H11N3O3S.C7H7N3S.C7H10O5.C5H7NO.CH4.B2/c1-12(21-11-13-6-5-9-28-13)18-15(10-17(25)27-2)23-24(19(18)26)20-22-14-7-3-4-8-16(14)29-20;1-11-17-14(9-16(24)22(11)10-12-5-4-8-26-12)21-23(18(17)25)19-20-13-6-2-3-7-15(13)27-19;1-4-24-10(2)15-12(9-14(21)23-3)19-20(16(15)22)17-18-11-7-5-6-8-13(11)25-17;1-19-12(18)7-8-6-11(17)16(15-8)13-14-9-4-2-3-5-10(9)20-13;8-10-7-9-5-3-1-2-4-6(5)11-7;1-11-6(9)3-5(8)4-7(10)12-2;6-4-5-2-1-3-7-5;;1-2/h3-9,23H,10-11H2,1-2H3;2-9,21H,10H2,1H3;5-8H,4,9H2,1-3H3;2-6,15H,7H2,1H3;1-4H,8H2,(H,9,10);3-4H2,1-2H3;1-3H,4,6H2;1H4;/b;;15-10+;;;;;;. The van der Waals surface area contributed by atoms with Crippen LogP contribution in [0.1, 0.15) is 87.4 Å². The number of aromatic amines is 3. The number of aliphatic imine (C=N–C) groups is 1. The van der Waals surface area contributed by atoms with E-state index in [9.17, 15) is 52.7 Å². The smallest absolute Gasteiger partial charge is 0.313 e. The number of para-hydroxylation sites is 5. The monoisotopic (exact) mass is 1910 g/mol. The Kier molecular flexibility index (Phi) is 36.7. The van der Waals surface area contributed by atoms with E-state index in [1.807, 2.05) is 146 Å². The number of carbonyl (C=O) groups excluding carboxylic acids is 7. The van der Waals surface area contributed by atoms with Crippen molar-refractivity contribution in [1.82, 2.24) is 58.8 Å². The number of amides is 1. The quantitative estimate of drug-likeness (QED) is 0.00399. The molecule has 0 saturated heterocycles. The third kappa shape index (κ3) is 25.7. The van der Waals surface area contributed by atoms with Crippen LogP contribution < -0.4 is 44.2 Å². The maximum atomic E-state index is 13.2. The molecule has 0 saturated carbocycles. The molecule has 1 aliphatic heterocycles. The van der Waals surface area contributed by atoms with Gasteiger partial charge in [-0.05, 0) is 125 Å². The highest BCUT2D eigenvalue weighted by atomic mass is 32.1. The van der Waals surface area contributed by atoms with E-state index in [-0.39, 0.29) is 79.8 Å². The number of benzene rings is 5. The average molecular weight is 1910 g/mol. The van der Waals surface area contributed by atoms with Crippen molar-refractivity contribution in [2.45, 2.75) is 86.9 Å². The molecule has 38 nitrogen and oxygen atoms in total. The summed E-state index contributed by atoms with van der Waals surface area (Å²) in [6, 6.07) is 52.2. The molecule has 0 bridgehead atoms. The number of nitrogens with one attached hydrogen (secondary N) is 4. The first kappa shape index (κ1) is 101. The van der Waals surface area contributed by atoms with E-state index in [1.54, 1.807) is 73.7 Å². The second-order valence-electron chi connectivity index (χ2n) is 27.4. The van der Waals surface area contributed by atoms with Crippen LogP contribution >= 0.6 is 56.7 Å². The van der Waals surface area contributed by atoms with Crippen LogP contribution in [0.15, 0.2) is 243 Å². The minimum absolute atomic E-state index is 0. The lowest BCUT2D eigenvalue weighted by Gasteiger charge is -2.09. The van der Waals surface area contributed by atoms with Crippen LogP contribution in [0.25, 0.3) is 77.4 Å². The van der Waals surface area contributed by atoms with Crippen LogP contribution in [0.2, 0.25) is 0 Å². The number of hydrogen-bond acceptors (Lipinski definition) is 35. The zero-order valence-electron chi connectivity index (χ0n) is 72.6. The van der Waals surface area contributed by atoms with Crippen LogP contribution in [-0.2, 0) is 94.5 Å². The fraction of sp³-hybridized carbons (Fsp3) is 0.213. The molecule has 5 aromatic carbocycles. The van der Waals surface area contributed by atoms with Crippen molar-refractivity contribution < 1.29 is 75.2 Å². The van der Waals surface area contributed by atoms with Gasteiger partial charge in [0, 0.05) is 44.7 Å². The van der Waals surface area contributed by atoms with Crippen LogP contribution in [0.3, 0.4) is 0 Å². The fourth-order valence-electron chi connectivity index (χ4n) is 12.5. The molecule has 0 aliphatic carbocycles. The number of furan rings is 3. The number of nitrogens with zero attached hydrogens (tertiary/aromatic N) is 12. The Hall–Kier alpha value is -15.2. The lowest BCUT2D eigenvalue weighted by Crippen LogP contribution is -2.23. The average Bonchev–Trinajstić information content (AvgIpc) is 1.63. The minimum atomic E-state index is -0.649. The largest absolute Gasteiger partial charge is 0.498 e. The van der Waals surface area contributed by atoms with E-state index in [0.717, 1.165) is 62.0 Å². The molecule has 0 unspecified atom stereocenters. The van der Waals surface area contributed by atoms with E-state index in [2.05, 4.69) is 85.4 Å². The Morgan fingerprint density at radius 1 is 0.507 bits per heavy atom. The molecule has 0 atom stereocenters. The molecule has 690 valence electrons. The summed E-state index contributed by atoms with van der Waals surface area (Å²) in [6.07, 6.45) is 3.82. The molecule has 45 heteroatoms. The van der Waals surface area contributed by atoms with Gasteiger partial charge in [-0.1, -0.05) is 125 Å². The molecule has 0 fully saturated rings. The number of hydrazine groups is 1. The number of hydrazone groups is 1. The van der Waals surface area contributed by atoms with Gasteiger partial charge in [0.25, 0.3) is 28.1 Å². The number of aryl methyl sites for hydroxylation is 1. The van der Waals surface area contributed by atoms with Gasteiger partial charge in [0.15, 0.2) is 10.9 Å². The summed E-state index contributed by atoms with van der Waals surface area (Å²) in [4.78, 5) is 157. The number of ketones is 1. The molecule has 0 spiro atoms. The number of carbonyl (C=O) groups is 7. The van der Waals surface area contributed by atoms with Crippen molar-refractivity contribution in [1.29, 1.82) is 0 Å². The third-order valence-electron chi connectivity index (χ3n) is 18.8. The number of fused-ring (bicyclic) bond motifs is 6. The van der Waals surface area contributed by atoms with Crippen LogP contribution in [0.4, 0.5) is 10.3 Å². The molecule has 13 heterocycles. The summed E-state index contributed by atoms with van der Waals surface area (Å²) in [5.74, 6) is 4.32. The number of pyridine rings is 1.